The predicted octanol–water partition coefficient (Wildman–Crippen LogP) is 1.88. The van der Waals surface area contributed by atoms with E-state index in [4.69, 9.17) is 21.1 Å². The first-order valence-electron chi connectivity index (χ1n) is 7.44. The van der Waals surface area contributed by atoms with Crippen molar-refractivity contribution in [3.63, 3.8) is 0 Å². The maximum Gasteiger partial charge on any atom is 0.244 e. The normalized spacial score (nSPS) is 12.8. The highest BCUT2D eigenvalue weighted by atomic mass is 35.5. The Bertz CT molecular complexity index is 801. The van der Waals surface area contributed by atoms with E-state index in [2.05, 4.69) is 15.5 Å². The highest BCUT2D eigenvalue weighted by molar-refractivity contribution is 6.32. The Morgan fingerprint density at radius 1 is 1.42 bits per heavy atom. The van der Waals surface area contributed by atoms with Crippen LogP contribution in [0.2, 0.25) is 5.02 Å². The van der Waals surface area contributed by atoms with Crippen LogP contribution in [0.15, 0.2) is 18.2 Å². The molecule has 0 spiro atoms. The van der Waals surface area contributed by atoms with Crippen molar-refractivity contribution in [2.75, 3.05) is 13.3 Å². The van der Waals surface area contributed by atoms with E-state index in [-0.39, 0.29) is 12.7 Å². The monoisotopic (exact) mass is 348 g/mol. The highest BCUT2D eigenvalue weighted by Crippen LogP contribution is 2.39. The minimum absolute atomic E-state index is 0.157. The molecule has 1 N–H and O–H groups in total. The molecule has 0 saturated heterocycles. The summed E-state index contributed by atoms with van der Waals surface area (Å²) in [5.41, 5.74) is 0.767. The van der Waals surface area contributed by atoms with E-state index in [0.29, 0.717) is 29.5 Å². The third-order valence-electron chi connectivity index (χ3n) is 3.71. The average molecular weight is 349 g/mol. The van der Waals surface area contributed by atoms with E-state index in [0.717, 1.165) is 17.2 Å². The van der Waals surface area contributed by atoms with Gasteiger partial charge < -0.3 is 19.4 Å². The fourth-order valence-corrected chi connectivity index (χ4v) is 2.55. The maximum atomic E-state index is 11.9. The lowest BCUT2D eigenvalue weighted by Gasteiger charge is -2.03. The number of nitrogens with zero attached hydrogens (tertiary/aromatic N) is 3. The van der Waals surface area contributed by atoms with E-state index in [9.17, 15) is 4.79 Å². The molecule has 3 rings (SSSR count). The summed E-state index contributed by atoms with van der Waals surface area (Å²) >= 11 is 6.10. The zero-order valence-corrected chi connectivity index (χ0v) is 14.1. The Morgan fingerprint density at radius 2 is 2.25 bits per heavy atom. The zero-order chi connectivity index (χ0) is 17.1. The van der Waals surface area contributed by atoms with Crippen LogP contribution in [0.1, 0.15) is 17.2 Å². The van der Waals surface area contributed by atoms with Crippen LogP contribution in [-0.4, -0.2) is 34.0 Å². The number of carbonyl (C=O) groups is 1. The minimum atomic E-state index is -0.192. The number of halogens is 1. The molecule has 1 aromatic carbocycles. The van der Waals surface area contributed by atoms with Crippen molar-refractivity contribution >= 4 is 23.6 Å². The van der Waals surface area contributed by atoms with E-state index in [1.165, 1.54) is 6.08 Å². The van der Waals surface area contributed by atoms with Crippen LogP contribution < -0.4 is 14.8 Å². The molecule has 7 nitrogen and oxygen atoms in total. The largest absolute Gasteiger partial charge is 0.454 e. The lowest BCUT2D eigenvalue weighted by Crippen LogP contribution is -2.24. The predicted molar refractivity (Wildman–Crippen MR) is 89.1 cm³/mol. The van der Waals surface area contributed by atoms with Gasteiger partial charge in [-0.15, -0.1) is 10.2 Å². The first-order chi connectivity index (χ1) is 11.5. The Labute approximate surface area is 144 Å². The van der Waals surface area contributed by atoms with E-state index in [1.807, 2.05) is 18.5 Å². The summed E-state index contributed by atoms with van der Waals surface area (Å²) in [5, 5.41) is 11.3. The lowest BCUT2D eigenvalue weighted by atomic mass is 10.2. The number of amides is 1. The molecule has 0 atom stereocenters. The molecule has 2 heterocycles. The Kier molecular flexibility index (Phi) is 4.71. The number of hydrogen-bond acceptors (Lipinski definition) is 5. The van der Waals surface area contributed by atoms with Gasteiger partial charge in [-0.05, 0) is 30.7 Å². The SMILES string of the molecule is Cc1nnc(CCNC(=O)C=Cc2cc(Cl)c3c(c2)OCO3)n1C. The molecule has 2 aromatic rings. The lowest BCUT2D eigenvalue weighted by molar-refractivity contribution is -0.116. The number of nitrogens with one attached hydrogen (secondary N) is 1. The summed E-state index contributed by atoms with van der Waals surface area (Å²) in [5.74, 6) is 2.61. The molecule has 1 amide bonds. The number of rotatable bonds is 5. The second-order valence-corrected chi connectivity index (χ2v) is 5.74. The average Bonchev–Trinajstić information content (AvgIpc) is 3.15. The highest BCUT2D eigenvalue weighted by Gasteiger charge is 2.17. The van der Waals surface area contributed by atoms with Crippen molar-refractivity contribution in [3.05, 3.63) is 40.4 Å². The van der Waals surface area contributed by atoms with Crippen LogP contribution in [0.5, 0.6) is 11.5 Å². The number of fused-ring (bicyclic) bond motifs is 1. The fourth-order valence-electron chi connectivity index (χ4n) is 2.28. The van der Waals surface area contributed by atoms with Crippen LogP contribution in [0.3, 0.4) is 0 Å². The quantitative estimate of drug-likeness (QED) is 0.835. The topological polar surface area (TPSA) is 78.3 Å². The van der Waals surface area contributed by atoms with Gasteiger partial charge in [-0.25, -0.2) is 0 Å². The van der Waals surface area contributed by atoms with E-state index < -0.39 is 0 Å². The summed E-state index contributed by atoms with van der Waals surface area (Å²) in [6.07, 6.45) is 3.75. The molecule has 1 aliphatic heterocycles. The van der Waals surface area contributed by atoms with Gasteiger partial charge in [0, 0.05) is 26.1 Å². The van der Waals surface area contributed by atoms with Crippen LogP contribution in [0, 0.1) is 6.92 Å². The van der Waals surface area contributed by atoms with Crippen molar-refractivity contribution in [3.8, 4) is 11.5 Å². The molecule has 0 fully saturated rings. The maximum absolute atomic E-state index is 11.9. The smallest absolute Gasteiger partial charge is 0.244 e. The van der Waals surface area contributed by atoms with Gasteiger partial charge in [0.25, 0.3) is 0 Å². The number of aromatic nitrogens is 3. The van der Waals surface area contributed by atoms with Gasteiger partial charge in [-0.2, -0.15) is 0 Å². The third-order valence-corrected chi connectivity index (χ3v) is 3.99. The number of benzene rings is 1. The van der Waals surface area contributed by atoms with Gasteiger partial charge in [-0.3, -0.25) is 4.79 Å². The summed E-state index contributed by atoms with van der Waals surface area (Å²) in [7, 11) is 1.90. The van der Waals surface area contributed by atoms with Gasteiger partial charge in [0.2, 0.25) is 12.7 Å². The molecular weight excluding hydrogens is 332 g/mol. The molecule has 1 aromatic heterocycles. The number of aryl methyl sites for hydroxylation is 1. The van der Waals surface area contributed by atoms with Crippen LogP contribution in [0.25, 0.3) is 6.08 Å². The number of hydrogen-bond donors (Lipinski definition) is 1. The molecule has 0 unspecified atom stereocenters. The van der Waals surface area contributed by atoms with Crippen molar-refractivity contribution in [1.82, 2.24) is 20.1 Å². The minimum Gasteiger partial charge on any atom is -0.454 e. The summed E-state index contributed by atoms with van der Waals surface area (Å²) in [6, 6.07) is 3.50. The van der Waals surface area contributed by atoms with Crippen molar-refractivity contribution in [1.29, 1.82) is 0 Å². The van der Waals surface area contributed by atoms with Crippen molar-refractivity contribution < 1.29 is 14.3 Å². The first-order valence-corrected chi connectivity index (χ1v) is 7.82. The Balaban J connectivity index is 1.54. The van der Waals surface area contributed by atoms with Crippen molar-refractivity contribution in [2.45, 2.75) is 13.3 Å². The van der Waals surface area contributed by atoms with E-state index in [1.54, 1.807) is 18.2 Å². The number of carbonyl (C=O) groups excluding carboxylic acids is 1. The van der Waals surface area contributed by atoms with Gasteiger partial charge in [0.15, 0.2) is 11.5 Å². The molecule has 126 valence electrons. The molecule has 8 heteroatoms. The first kappa shape index (κ1) is 16.3. The van der Waals surface area contributed by atoms with E-state index >= 15 is 0 Å². The van der Waals surface area contributed by atoms with Gasteiger partial charge in [0.05, 0.1) is 5.02 Å². The summed E-state index contributed by atoms with van der Waals surface area (Å²) in [6.45, 7) is 2.52. The third kappa shape index (κ3) is 3.51. The Morgan fingerprint density at radius 3 is 3.00 bits per heavy atom. The standard InChI is InChI=1S/C16H17ClN4O3/c1-10-19-20-14(21(10)2)5-6-18-15(22)4-3-11-7-12(17)16-13(8-11)23-9-24-16/h3-4,7-8H,5-6,9H2,1-2H3,(H,18,22). The molecule has 0 radical (unpaired) electrons. The molecule has 0 aliphatic carbocycles. The molecule has 0 saturated carbocycles. The molecular formula is C16H17ClN4O3. The number of ether oxygens (including phenoxy) is 2. The molecule has 1 aliphatic rings. The van der Waals surface area contributed by atoms with Crippen molar-refractivity contribution in [2.24, 2.45) is 7.05 Å². The second kappa shape index (κ2) is 6.92. The second-order valence-electron chi connectivity index (χ2n) is 5.33. The fraction of sp³-hybridized carbons (Fsp3) is 0.312. The van der Waals surface area contributed by atoms with Gasteiger partial charge >= 0.3 is 0 Å². The van der Waals surface area contributed by atoms with Crippen LogP contribution in [0.4, 0.5) is 0 Å². The van der Waals surface area contributed by atoms with Crippen LogP contribution in [-0.2, 0) is 18.3 Å². The van der Waals surface area contributed by atoms with Gasteiger partial charge in [0.1, 0.15) is 11.6 Å². The molecule has 0 bridgehead atoms. The molecule has 24 heavy (non-hydrogen) atoms. The van der Waals surface area contributed by atoms with Gasteiger partial charge in [-0.1, -0.05) is 11.6 Å². The van der Waals surface area contributed by atoms with Crippen LogP contribution >= 0.6 is 11.6 Å². The summed E-state index contributed by atoms with van der Waals surface area (Å²) < 4.78 is 12.4. The summed E-state index contributed by atoms with van der Waals surface area (Å²) in [4.78, 5) is 11.9. The zero-order valence-electron chi connectivity index (χ0n) is 13.4. The Hall–Kier alpha value is -2.54.